The van der Waals surface area contributed by atoms with Crippen molar-refractivity contribution in [2.45, 2.75) is 19.4 Å². The number of nitrogens with zero attached hydrogens (tertiary/aromatic N) is 3. The first-order valence-electron chi connectivity index (χ1n) is 7.00. The molecule has 3 rings (SSSR count). The maximum atomic E-state index is 12.4. The first kappa shape index (κ1) is 14.5. The van der Waals surface area contributed by atoms with Crippen molar-refractivity contribution in [1.82, 2.24) is 20.1 Å². The molecule has 1 aromatic carbocycles. The Balaban J connectivity index is 1.68. The standard InChI is InChI=1S/C16H16N4OS/c1-12(8-15-6-3-7-22-15)19-16(21)13-4-2-5-14(9-13)20-10-17-18-11-20/h2-7,9-12H,8H2,1H3,(H,19,21)/t12-/m1/s1. The van der Waals surface area contributed by atoms with Crippen LogP contribution in [0, 0.1) is 0 Å². The molecule has 0 bridgehead atoms. The number of hydrogen-bond acceptors (Lipinski definition) is 4. The van der Waals surface area contributed by atoms with Gasteiger partial charge in [0.2, 0.25) is 0 Å². The highest BCUT2D eigenvalue weighted by molar-refractivity contribution is 7.09. The van der Waals surface area contributed by atoms with Gasteiger partial charge in [-0.25, -0.2) is 0 Å². The quantitative estimate of drug-likeness (QED) is 0.788. The van der Waals surface area contributed by atoms with Crippen LogP contribution in [0.2, 0.25) is 0 Å². The molecule has 0 radical (unpaired) electrons. The molecule has 112 valence electrons. The highest BCUT2D eigenvalue weighted by Crippen LogP contribution is 2.13. The van der Waals surface area contributed by atoms with Crippen LogP contribution in [0.4, 0.5) is 0 Å². The summed E-state index contributed by atoms with van der Waals surface area (Å²) < 4.78 is 1.77. The lowest BCUT2D eigenvalue weighted by Gasteiger charge is -2.13. The van der Waals surface area contributed by atoms with E-state index in [0.717, 1.165) is 12.1 Å². The summed E-state index contributed by atoms with van der Waals surface area (Å²) in [6.45, 7) is 2.02. The molecule has 0 saturated carbocycles. The molecule has 0 aliphatic rings. The summed E-state index contributed by atoms with van der Waals surface area (Å²) in [6, 6.07) is 11.6. The number of benzene rings is 1. The van der Waals surface area contributed by atoms with Gasteiger partial charge in [-0.15, -0.1) is 21.5 Å². The normalized spacial score (nSPS) is 12.0. The number of aromatic nitrogens is 3. The number of nitrogens with one attached hydrogen (secondary N) is 1. The second-order valence-corrected chi connectivity index (χ2v) is 6.11. The third-order valence-corrected chi connectivity index (χ3v) is 4.19. The van der Waals surface area contributed by atoms with Crippen LogP contribution >= 0.6 is 11.3 Å². The molecule has 3 aromatic rings. The summed E-state index contributed by atoms with van der Waals surface area (Å²) in [5.41, 5.74) is 1.49. The summed E-state index contributed by atoms with van der Waals surface area (Å²) in [7, 11) is 0. The van der Waals surface area contributed by atoms with Crippen LogP contribution in [0.5, 0.6) is 0 Å². The molecule has 0 saturated heterocycles. The summed E-state index contributed by atoms with van der Waals surface area (Å²) in [6.07, 6.45) is 4.06. The van der Waals surface area contributed by atoms with Crippen LogP contribution in [0.3, 0.4) is 0 Å². The molecule has 2 heterocycles. The number of carbonyl (C=O) groups is 1. The number of rotatable bonds is 5. The SMILES string of the molecule is C[C@H](Cc1cccs1)NC(=O)c1cccc(-n2cnnc2)c1. The van der Waals surface area contributed by atoms with Crippen LogP contribution in [-0.2, 0) is 6.42 Å². The van der Waals surface area contributed by atoms with Gasteiger partial charge in [-0.05, 0) is 36.6 Å². The smallest absolute Gasteiger partial charge is 0.251 e. The van der Waals surface area contributed by atoms with Crippen molar-refractivity contribution >= 4 is 17.2 Å². The Hall–Kier alpha value is -2.47. The van der Waals surface area contributed by atoms with Gasteiger partial charge in [0, 0.05) is 28.6 Å². The van der Waals surface area contributed by atoms with Gasteiger partial charge in [0.25, 0.3) is 5.91 Å². The second-order valence-electron chi connectivity index (χ2n) is 5.08. The van der Waals surface area contributed by atoms with Gasteiger partial charge >= 0.3 is 0 Å². The lowest BCUT2D eigenvalue weighted by atomic mass is 10.1. The van der Waals surface area contributed by atoms with Crippen LogP contribution in [0.25, 0.3) is 5.69 Å². The minimum Gasteiger partial charge on any atom is -0.349 e. The van der Waals surface area contributed by atoms with E-state index in [9.17, 15) is 4.79 Å². The van der Waals surface area contributed by atoms with E-state index in [1.54, 1.807) is 34.6 Å². The van der Waals surface area contributed by atoms with E-state index in [2.05, 4.69) is 21.6 Å². The van der Waals surface area contributed by atoms with E-state index in [4.69, 9.17) is 0 Å². The van der Waals surface area contributed by atoms with Crippen molar-refractivity contribution in [2.24, 2.45) is 0 Å². The Morgan fingerprint density at radius 1 is 1.27 bits per heavy atom. The second kappa shape index (κ2) is 6.53. The van der Waals surface area contributed by atoms with Crippen LogP contribution in [0.15, 0.2) is 54.4 Å². The fourth-order valence-electron chi connectivity index (χ4n) is 2.23. The summed E-state index contributed by atoms with van der Waals surface area (Å²) in [5, 5.41) is 12.6. The molecule has 6 heteroatoms. The zero-order chi connectivity index (χ0) is 15.4. The van der Waals surface area contributed by atoms with Crippen molar-refractivity contribution in [2.75, 3.05) is 0 Å². The molecule has 22 heavy (non-hydrogen) atoms. The van der Waals surface area contributed by atoms with Gasteiger partial charge in [0.1, 0.15) is 12.7 Å². The molecule has 1 N–H and O–H groups in total. The third-order valence-electron chi connectivity index (χ3n) is 3.29. The first-order chi connectivity index (χ1) is 10.7. The summed E-state index contributed by atoms with van der Waals surface area (Å²) >= 11 is 1.71. The Labute approximate surface area is 132 Å². The lowest BCUT2D eigenvalue weighted by molar-refractivity contribution is 0.0940. The summed E-state index contributed by atoms with van der Waals surface area (Å²) in [4.78, 5) is 13.6. The largest absolute Gasteiger partial charge is 0.349 e. The van der Waals surface area contributed by atoms with Crippen LogP contribution < -0.4 is 5.32 Å². The van der Waals surface area contributed by atoms with Crippen LogP contribution in [-0.4, -0.2) is 26.7 Å². The molecule has 5 nitrogen and oxygen atoms in total. The van der Waals surface area contributed by atoms with Gasteiger partial charge in [-0.3, -0.25) is 9.36 Å². The molecular formula is C16H16N4OS. The predicted molar refractivity (Wildman–Crippen MR) is 86.3 cm³/mol. The Morgan fingerprint density at radius 2 is 2.09 bits per heavy atom. The molecule has 2 aromatic heterocycles. The third kappa shape index (κ3) is 3.40. The zero-order valence-corrected chi connectivity index (χ0v) is 13.0. The molecular weight excluding hydrogens is 296 g/mol. The van der Waals surface area contributed by atoms with Crippen molar-refractivity contribution in [3.8, 4) is 5.69 Å². The number of hydrogen-bond donors (Lipinski definition) is 1. The molecule has 0 aliphatic carbocycles. The van der Waals surface area contributed by atoms with E-state index in [0.29, 0.717) is 5.56 Å². The van der Waals surface area contributed by atoms with Gasteiger partial charge in [0.05, 0.1) is 0 Å². The van der Waals surface area contributed by atoms with E-state index >= 15 is 0 Å². The number of amides is 1. The fourth-order valence-corrected chi connectivity index (χ4v) is 3.07. The van der Waals surface area contributed by atoms with Crippen molar-refractivity contribution in [1.29, 1.82) is 0 Å². The van der Waals surface area contributed by atoms with E-state index < -0.39 is 0 Å². The van der Waals surface area contributed by atoms with Gasteiger partial charge in [-0.1, -0.05) is 12.1 Å². The zero-order valence-electron chi connectivity index (χ0n) is 12.1. The molecule has 0 unspecified atom stereocenters. The fraction of sp³-hybridized carbons (Fsp3) is 0.188. The molecule has 1 atom stereocenters. The lowest BCUT2D eigenvalue weighted by Crippen LogP contribution is -2.33. The highest BCUT2D eigenvalue weighted by Gasteiger charge is 2.11. The Bertz CT molecular complexity index is 737. The van der Waals surface area contributed by atoms with E-state index in [1.807, 2.05) is 36.6 Å². The van der Waals surface area contributed by atoms with Gasteiger partial charge < -0.3 is 5.32 Å². The minimum absolute atomic E-state index is 0.0704. The topological polar surface area (TPSA) is 59.8 Å². The van der Waals surface area contributed by atoms with Crippen molar-refractivity contribution in [3.63, 3.8) is 0 Å². The maximum Gasteiger partial charge on any atom is 0.251 e. The molecule has 0 spiro atoms. The number of carbonyl (C=O) groups excluding carboxylic acids is 1. The average Bonchev–Trinajstić information content (AvgIpc) is 3.20. The molecule has 1 amide bonds. The Kier molecular flexibility index (Phi) is 4.29. The van der Waals surface area contributed by atoms with Gasteiger partial charge in [0.15, 0.2) is 0 Å². The maximum absolute atomic E-state index is 12.4. The van der Waals surface area contributed by atoms with Gasteiger partial charge in [-0.2, -0.15) is 0 Å². The van der Waals surface area contributed by atoms with Crippen molar-refractivity contribution in [3.05, 3.63) is 64.9 Å². The molecule has 0 fully saturated rings. The Morgan fingerprint density at radius 3 is 2.82 bits per heavy atom. The average molecular weight is 312 g/mol. The van der Waals surface area contributed by atoms with E-state index in [-0.39, 0.29) is 11.9 Å². The monoisotopic (exact) mass is 312 g/mol. The number of thiophene rings is 1. The van der Waals surface area contributed by atoms with E-state index in [1.165, 1.54) is 4.88 Å². The molecule has 0 aliphatic heterocycles. The van der Waals surface area contributed by atoms with Crippen molar-refractivity contribution < 1.29 is 4.79 Å². The summed E-state index contributed by atoms with van der Waals surface area (Å²) in [5.74, 6) is -0.0704. The first-order valence-corrected chi connectivity index (χ1v) is 7.88. The van der Waals surface area contributed by atoms with Crippen LogP contribution in [0.1, 0.15) is 22.2 Å². The minimum atomic E-state index is -0.0704. The highest BCUT2D eigenvalue weighted by atomic mass is 32.1. The predicted octanol–water partition coefficient (Wildman–Crippen LogP) is 2.69.